The molecule has 14 heteroatoms. The van der Waals surface area contributed by atoms with Crippen molar-refractivity contribution in [2.45, 2.75) is 11.8 Å². The molecule has 0 spiro atoms. The van der Waals surface area contributed by atoms with Crippen molar-refractivity contribution in [1.82, 2.24) is 14.5 Å². The fourth-order valence-electron chi connectivity index (χ4n) is 4.97. The number of pyridine rings is 2. The summed E-state index contributed by atoms with van der Waals surface area (Å²) < 4.78 is 88.9. The van der Waals surface area contributed by atoms with Crippen molar-refractivity contribution in [3.8, 4) is 17.0 Å². The SMILES string of the molecule is Cc1ccc(S(=O)(=O)OCCOCCOCCOCCOCCOc2ccc(-c3c(F)cc4c5cnccc5n(C)c4c3F)cn2)cc1. The van der Waals surface area contributed by atoms with Gasteiger partial charge in [0, 0.05) is 48.0 Å². The summed E-state index contributed by atoms with van der Waals surface area (Å²) in [5.41, 5.74) is 2.15. The van der Waals surface area contributed by atoms with Crippen LogP contribution in [0, 0.1) is 18.6 Å². The molecule has 0 amide bonds. The molecule has 0 fully saturated rings. The van der Waals surface area contributed by atoms with Gasteiger partial charge in [-0.1, -0.05) is 17.7 Å². The first-order valence-electron chi connectivity index (χ1n) is 15.3. The lowest BCUT2D eigenvalue weighted by Gasteiger charge is -2.10. The molecule has 0 N–H and O–H groups in total. The van der Waals surface area contributed by atoms with Crippen LogP contribution in [0.2, 0.25) is 0 Å². The predicted octanol–water partition coefficient (Wildman–Crippen LogP) is 5.23. The van der Waals surface area contributed by atoms with Crippen LogP contribution in [0.25, 0.3) is 32.9 Å². The summed E-state index contributed by atoms with van der Waals surface area (Å²) in [5, 5.41) is 1.14. The van der Waals surface area contributed by atoms with Crippen molar-refractivity contribution in [3.63, 3.8) is 0 Å². The normalized spacial score (nSPS) is 11.9. The molecular formula is C34H37F2N3O8S. The molecule has 0 saturated carbocycles. The van der Waals surface area contributed by atoms with Crippen molar-refractivity contribution in [3.05, 3.63) is 84.3 Å². The summed E-state index contributed by atoms with van der Waals surface area (Å²) in [6, 6.07) is 12.6. The average molecular weight is 686 g/mol. The maximum absolute atomic E-state index is 15.6. The Bertz CT molecular complexity index is 1900. The van der Waals surface area contributed by atoms with Gasteiger partial charge in [0.2, 0.25) is 5.88 Å². The third-order valence-electron chi connectivity index (χ3n) is 7.37. The van der Waals surface area contributed by atoms with Gasteiger partial charge in [-0.2, -0.15) is 8.42 Å². The second-order valence-electron chi connectivity index (χ2n) is 10.7. The number of ether oxygens (including phenoxy) is 5. The van der Waals surface area contributed by atoms with Crippen LogP contribution in [0.3, 0.4) is 0 Å². The van der Waals surface area contributed by atoms with E-state index in [2.05, 4.69) is 9.97 Å². The molecular weight excluding hydrogens is 648 g/mol. The Kier molecular flexibility index (Phi) is 12.4. The van der Waals surface area contributed by atoms with Crippen LogP contribution in [0.5, 0.6) is 5.88 Å². The maximum atomic E-state index is 15.6. The minimum absolute atomic E-state index is 0.0851. The quantitative estimate of drug-likeness (QED) is 0.0845. The molecule has 0 aliphatic carbocycles. The Morgan fingerprint density at radius 1 is 0.750 bits per heavy atom. The highest BCUT2D eigenvalue weighted by Crippen LogP contribution is 2.36. The van der Waals surface area contributed by atoms with Gasteiger partial charge in [-0.05, 0) is 37.3 Å². The lowest BCUT2D eigenvalue weighted by Crippen LogP contribution is -2.15. The first-order chi connectivity index (χ1) is 23.3. The van der Waals surface area contributed by atoms with Gasteiger partial charge in [-0.15, -0.1) is 0 Å². The smallest absolute Gasteiger partial charge is 0.297 e. The number of halogens is 2. The Morgan fingerprint density at radius 3 is 2.00 bits per heavy atom. The van der Waals surface area contributed by atoms with E-state index in [1.165, 1.54) is 24.4 Å². The standard InChI is InChI=1S/C34H37F2N3O8S/c1-24-3-6-26(7-4-24)48(40,41)47-20-18-45-16-14-43-12-11-42-13-15-44-17-19-46-31-8-5-25(22-38-31)32-29(35)21-27-28-23-37-10-9-30(28)39(2)34(27)33(32)36/h3-10,21-23H,11-20H2,1-2H3. The minimum Gasteiger partial charge on any atom is -0.475 e. The van der Waals surface area contributed by atoms with Crippen molar-refractivity contribution in [2.75, 3.05) is 66.1 Å². The predicted molar refractivity (Wildman–Crippen MR) is 174 cm³/mol. The topological polar surface area (TPSA) is 120 Å². The molecule has 48 heavy (non-hydrogen) atoms. The van der Waals surface area contributed by atoms with Crippen molar-refractivity contribution in [1.29, 1.82) is 0 Å². The first kappa shape index (κ1) is 35.3. The molecule has 256 valence electrons. The lowest BCUT2D eigenvalue weighted by molar-refractivity contribution is -0.00693. The number of hydrogen-bond acceptors (Lipinski definition) is 10. The van der Waals surface area contributed by atoms with E-state index >= 15 is 8.78 Å². The Hall–Kier alpha value is -4.05. The minimum atomic E-state index is -3.80. The summed E-state index contributed by atoms with van der Waals surface area (Å²) in [4.78, 5) is 8.40. The molecule has 0 atom stereocenters. The molecule has 3 aromatic heterocycles. The van der Waals surface area contributed by atoms with E-state index in [1.807, 2.05) is 6.92 Å². The fourth-order valence-corrected chi connectivity index (χ4v) is 5.86. The highest BCUT2D eigenvalue weighted by Gasteiger charge is 2.21. The van der Waals surface area contributed by atoms with E-state index in [4.69, 9.17) is 27.9 Å². The molecule has 0 bridgehead atoms. The van der Waals surface area contributed by atoms with E-state index in [9.17, 15) is 8.42 Å². The molecule has 5 aromatic rings. The van der Waals surface area contributed by atoms with Crippen molar-refractivity contribution in [2.24, 2.45) is 7.05 Å². The van der Waals surface area contributed by atoms with Gasteiger partial charge in [0.1, 0.15) is 12.4 Å². The van der Waals surface area contributed by atoms with Gasteiger partial charge in [0.15, 0.2) is 5.82 Å². The Balaban J connectivity index is 0.901. The summed E-state index contributed by atoms with van der Waals surface area (Å²) in [7, 11) is -2.06. The number of benzene rings is 2. The first-order valence-corrected chi connectivity index (χ1v) is 16.7. The molecule has 2 aromatic carbocycles. The number of hydrogen-bond donors (Lipinski definition) is 0. The lowest BCUT2D eigenvalue weighted by atomic mass is 10.0. The molecule has 0 aliphatic rings. The van der Waals surface area contributed by atoms with E-state index < -0.39 is 21.8 Å². The van der Waals surface area contributed by atoms with Gasteiger partial charge >= 0.3 is 0 Å². The zero-order valence-electron chi connectivity index (χ0n) is 26.7. The van der Waals surface area contributed by atoms with Crippen molar-refractivity contribution >= 4 is 31.9 Å². The third-order valence-corrected chi connectivity index (χ3v) is 8.70. The van der Waals surface area contributed by atoms with Gasteiger partial charge in [-0.3, -0.25) is 9.17 Å². The second kappa shape index (κ2) is 16.9. The van der Waals surface area contributed by atoms with Gasteiger partial charge in [0.05, 0.1) is 81.0 Å². The third kappa shape index (κ3) is 8.89. The zero-order valence-corrected chi connectivity index (χ0v) is 27.5. The second-order valence-corrected chi connectivity index (χ2v) is 12.3. The van der Waals surface area contributed by atoms with Crippen LogP contribution in [-0.2, 0) is 40.3 Å². The molecule has 11 nitrogen and oxygen atoms in total. The largest absolute Gasteiger partial charge is 0.475 e. The van der Waals surface area contributed by atoms with E-state index in [-0.39, 0.29) is 30.3 Å². The van der Waals surface area contributed by atoms with Gasteiger partial charge < -0.3 is 28.3 Å². The summed E-state index contributed by atoms with van der Waals surface area (Å²) in [6.45, 7) is 4.53. The van der Waals surface area contributed by atoms with Crippen LogP contribution < -0.4 is 4.74 Å². The van der Waals surface area contributed by atoms with Crippen LogP contribution in [0.4, 0.5) is 8.78 Å². The van der Waals surface area contributed by atoms with Gasteiger partial charge in [-0.25, -0.2) is 13.8 Å². The molecule has 5 rings (SSSR count). The molecule has 0 unspecified atom stereocenters. The molecule has 3 heterocycles. The summed E-state index contributed by atoms with van der Waals surface area (Å²) in [5.74, 6) is -1.05. The number of aromatic nitrogens is 3. The number of fused-ring (bicyclic) bond motifs is 3. The molecule has 0 radical (unpaired) electrons. The van der Waals surface area contributed by atoms with Crippen LogP contribution in [-0.4, -0.2) is 89.0 Å². The Labute approximate surface area is 277 Å². The van der Waals surface area contributed by atoms with Crippen molar-refractivity contribution < 1.29 is 45.1 Å². The Morgan fingerprint density at radius 2 is 1.38 bits per heavy atom. The van der Waals surface area contributed by atoms with Crippen LogP contribution in [0.1, 0.15) is 5.56 Å². The van der Waals surface area contributed by atoms with E-state index in [1.54, 1.807) is 54.3 Å². The zero-order chi connectivity index (χ0) is 33.9. The number of aryl methyl sites for hydroxylation is 2. The summed E-state index contributed by atoms with van der Waals surface area (Å²) in [6.07, 6.45) is 4.60. The highest BCUT2D eigenvalue weighted by molar-refractivity contribution is 7.86. The van der Waals surface area contributed by atoms with Crippen LogP contribution in [0.15, 0.2) is 72.0 Å². The van der Waals surface area contributed by atoms with Crippen LogP contribution >= 0.6 is 0 Å². The summed E-state index contributed by atoms with van der Waals surface area (Å²) >= 11 is 0. The molecule has 0 saturated heterocycles. The monoisotopic (exact) mass is 685 g/mol. The van der Waals surface area contributed by atoms with E-state index in [0.29, 0.717) is 74.0 Å². The van der Waals surface area contributed by atoms with Gasteiger partial charge in [0.25, 0.3) is 10.1 Å². The fraction of sp³-hybridized carbons (Fsp3) is 0.353. The maximum Gasteiger partial charge on any atom is 0.297 e. The highest BCUT2D eigenvalue weighted by atomic mass is 32.2. The number of nitrogens with zero attached hydrogens (tertiary/aromatic N) is 3. The average Bonchev–Trinajstić information content (AvgIpc) is 3.36. The number of rotatable bonds is 19. The van der Waals surface area contributed by atoms with E-state index in [0.717, 1.165) is 11.1 Å². The molecule has 0 aliphatic heterocycles.